The average molecular weight is 256 g/mol. The van der Waals surface area contributed by atoms with Gasteiger partial charge >= 0.3 is 0 Å². The maximum Gasteiger partial charge on any atom is 0.0524 e. The second-order valence-corrected chi connectivity index (χ2v) is 6.72. The summed E-state index contributed by atoms with van der Waals surface area (Å²) in [7, 11) is 2.18. The molecule has 3 atom stereocenters. The van der Waals surface area contributed by atoms with E-state index in [1.165, 1.54) is 12.8 Å². The van der Waals surface area contributed by atoms with Crippen LogP contribution in [0.2, 0.25) is 0 Å². The van der Waals surface area contributed by atoms with Gasteiger partial charge in [-0.15, -0.1) is 0 Å². The Kier molecular flexibility index (Phi) is 6.09. The second kappa shape index (κ2) is 6.88. The fourth-order valence-corrected chi connectivity index (χ4v) is 3.28. The van der Waals surface area contributed by atoms with Crippen molar-refractivity contribution in [2.24, 2.45) is 11.3 Å². The Balaban J connectivity index is 2.45. The van der Waals surface area contributed by atoms with Gasteiger partial charge in [0.15, 0.2) is 0 Å². The number of nitrogens with zero attached hydrogens (tertiary/aromatic N) is 1. The van der Waals surface area contributed by atoms with Crippen molar-refractivity contribution in [3.05, 3.63) is 0 Å². The maximum atomic E-state index is 9.34. The standard InChI is InChI=1S/C15H32N2O/c1-6-16-14-13(7-9-15(14,3)4)11-17(5)10-8-12(2)18/h12-14,16,18H,6-11H2,1-5H3. The van der Waals surface area contributed by atoms with Gasteiger partial charge in [-0.3, -0.25) is 0 Å². The molecule has 0 saturated heterocycles. The first kappa shape index (κ1) is 15.9. The van der Waals surface area contributed by atoms with Crippen LogP contribution in [-0.2, 0) is 0 Å². The van der Waals surface area contributed by atoms with E-state index in [9.17, 15) is 5.11 Å². The van der Waals surface area contributed by atoms with Gasteiger partial charge in [-0.1, -0.05) is 20.8 Å². The van der Waals surface area contributed by atoms with E-state index in [1.54, 1.807) is 0 Å². The molecule has 1 fully saturated rings. The van der Waals surface area contributed by atoms with Crippen molar-refractivity contribution in [3.63, 3.8) is 0 Å². The number of rotatable bonds is 7. The monoisotopic (exact) mass is 256 g/mol. The van der Waals surface area contributed by atoms with Crippen molar-refractivity contribution in [2.45, 2.75) is 59.1 Å². The van der Waals surface area contributed by atoms with Crippen LogP contribution in [0.15, 0.2) is 0 Å². The van der Waals surface area contributed by atoms with Crippen LogP contribution in [0.5, 0.6) is 0 Å². The van der Waals surface area contributed by atoms with Crippen molar-refractivity contribution in [2.75, 3.05) is 26.7 Å². The Hall–Kier alpha value is -0.120. The van der Waals surface area contributed by atoms with E-state index in [0.29, 0.717) is 11.5 Å². The summed E-state index contributed by atoms with van der Waals surface area (Å²) in [5, 5.41) is 13.0. The number of aliphatic hydroxyl groups is 1. The second-order valence-electron chi connectivity index (χ2n) is 6.72. The van der Waals surface area contributed by atoms with Crippen LogP contribution in [0, 0.1) is 11.3 Å². The van der Waals surface area contributed by atoms with Crippen molar-refractivity contribution < 1.29 is 5.11 Å². The summed E-state index contributed by atoms with van der Waals surface area (Å²) >= 11 is 0. The summed E-state index contributed by atoms with van der Waals surface area (Å²) in [5.41, 5.74) is 0.422. The molecule has 1 saturated carbocycles. The molecular weight excluding hydrogens is 224 g/mol. The zero-order valence-corrected chi connectivity index (χ0v) is 12.9. The lowest BCUT2D eigenvalue weighted by atomic mass is 9.84. The molecule has 0 aliphatic heterocycles. The van der Waals surface area contributed by atoms with Gasteiger partial charge in [0.1, 0.15) is 0 Å². The molecule has 1 aliphatic rings. The molecule has 1 aliphatic carbocycles. The maximum absolute atomic E-state index is 9.34. The topological polar surface area (TPSA) is 35.5 Å². The summed E-state index contributed by atoms with van der Waals surface area (Å²) in [4.78, 5) is 2.38. The SMILES string of the molecule is CCNC1C(CN(C)CCC(C)O)CCC1(C)C. The third kappa shape index (κ3) is 4.52. The molecule has 3 nitrogen and oxygen atoms in total. The number of hydrogen-bond donors (Lipinski definition) is 2. The highest BCUT2D eigenvalue weighted by atomic mass is 16.3. The Morgan fingerprint density at radius 1 is 1.44 bits per heavy atom. The van der Waals surface area contributed by atoms with Crippen molar-refractivity contribution in [3.8, 4) is 0 Å². The Bertz CT molecular complexity index is 241. The number of hydrogen-bond acceptors (Lipinski definition) is 3. The molecule has 3 heteroatoms. The minimum Gasteiger partial charge on any atom is -0.393 e. The molecule has 0 amide bonds. The average Bonchev–Trinajstić information content (AvgIpc) is 2.54. The number of nitrogens with one attached hydrogen (secondary N) is 1. The zero-order chi connectivity index (χ0) is 13.8. The van der Waals surface area contributed by atoms with Gasteiger partial charge in [-0.25, -0.2) is 0 Å². The van der Waals surface area contributed by atoms with E-state index in [2.05, 4.69) is 38.0 Å². The number of aliphatic hydroxyl groups excluding tert-OH is 1. The van der Waals surface area contributed by atoms with Crippen LogP contribution in [0.4, 0.5) is 0 Å². The summed E-state index contributed by atoms with van der Waals surface area (Å²) in [6.07, 6.45) is 3.33. The van der Waals surface area contributed by atoms with Crippen molar-refractivity contribution in [1.82, 2.24) is 10.2 Å². The predicted octanol–water partition coefficient (Wildman–Crippen LogP) is 2.10. The minimum atomic E-state index is -0.183. The predicted molar refractivity (Wildman–Crippen MR) is 77.8 cm³/mol. The Labute approximate surface area is 113 Å². The molecule has 0 aromatic carbocycles. The molecule has 2 N–H and O–H groups in total. The smallest absolute Gasteiger partial charge is 0.0524 e. The van der Waals surface area contributed by atoms with Crippen LogP contribution < -0.4 is 5.32 Å². The van der Waals surface area contributed by atoms with Gasteiger partial charge in [-0.2, -0.15) is 0 Å². The Morgan fingerprint density at radius 2 is 2.11 bits per heavy atom. The molecule has 3 unspecified atom stereocenters. The highest BCUT2D eigenvalue weighted by Gasteiger charge is 2.41. The van der Waals surface area contributed by atoms with E-state index >= 15 is 0 Å². The fourth-order valence-electron chi connectivity index (χ4n) is 3.28. The van der Waals surface area contributed by atoms with Crippen LogP contribution >= 0.6 is 0 Å². The van der Waals surface area contributed by atoms with E-state index in [0.717, 1.165) is 32.0 Å². The molecule has 0 aromatic heterocycles. The molecule has 108 valence electrons. The summed E-state index contributed by atoms with van der Waals surface area (Å²) < 4.78 is 0. The minimum absolute atomic E-state index is 0.183. The fraction of sp³-hybridized carbons (Fsp3) is 1.00. The molecule has 1 rings (SSSR count). The van der Waals surface area contributed by atoms with Crippen molar-refractivity contribution >= 4 is 0 Å². The molecule has 0 aromatic rings. The summed E-state index contributed by atoms with van der Waals surface area (Å²) in [6, 6.07) is 0.636. The van der Waals surface area contributed by atoms with Gasteiger partial charge in [-0.05, 0) is 51.1 Å². The molecular formula is C15H32N2O. The van der Waals surface area contributed by atoms with Gasteiger partial charge in [0.25, 0.3) is 0 Å². The zero-order valence-electron chi connectivity index (χ0n) is 12.9. The molecule has 0 spiro atoms. The molecule has 0 radical (unpaired) electrons. The van der Waals surface area contributed by atoms with Gasteiger partial charge in [0, 0.05) is 19.1 Å². The quantitative estimate of drug-likeness (QED) is 0.732. The third-order valence-electron chi connectivity index (χ3n) is 4.37. The summed E-state index contributed by atoms with van der Waals surface area (Å²) in [6.45, 7) is 12.0. The first-order valence-electron chi connectivity index (χ1n) is 7.46. The van der Waals surface area contributed by atoms with Crippen LogP contribution in [0.3, 0.4) is 0 Å². The first-order chi connectivity index (χ1) is 8.36. The van der Waals surface area contributed by atoms with Gasteiger partial charge in [0.05, 0.1) is 6.10 Å². The largest absolute Gasteiger partial charge is 0.393 e. The normalized spacial score (nSPS) is 28.8. The molecule has 18 heavy (non-hydrogen) atoms. The van der Waals surface area contributed by atoms with Gasteiger partial charge in [0.2, 0.25) is 0 Å². The van der Waals surface area contributed by atoms with Crippen LogP contribution in [-0.4, -0.2) is 48.8 Å². The summed E-state index contributed by atoms with van der Waals surface area (Å²) in [5.74, 6) is 0.749. The lowest BCUT2D eigenvalue weighted by Gasteiger charge is -2.33. The van der Waals surface area contributed by atoms with Crippen LogP contribution in [0.1, 0.15) is 47.0 Å². The first-order valence-corrected chi connectivity index (χ1v) is 7.46. The lowest BCUT2D eigenvalue weighted by Crippen LogP contribution is -2.45. The highest BCUT2D eigenvalue weighted by Crippen LogP contribution is 2.41. The van der Waals surface area contributed by atoms with Crippen molar-refractivity contribution in [1.29, 1.82) is 0 Å². The molecule has 0 heterocycles. The van der Waals surface area contributed by atoms with E-state index in [4.69, 9.17) is 0 Å². The third-order valence-corrected chi connectivity index (χ3v) is 4.37. The lowest BCUT2D eigenvalue weighted by molar-refractivity contribution is 0.151. The molecule has 0 bridgehead atoms. The van der Waals surface area contributed by atoms with E-state index in [1.807, 2.05) is 6.92 Å². The van der Waals surface area contributed by atoms with E-state index < -0.39 is 0 Å². The Morgan fingerprint density at radius 3 is 2.67 bits per heavy atom. The van der Waals surface area contributed by atoms with Crippen LogP contribution in [0.25, 0.3) is 0 Å². The van der Waals surface area contributed by atoms with E-state index in [-0.39, 0.29) is 6.10 Å². The highest BCUT2D eigenvalue weighted by molar-refractivity contribution is 4.96. The van der Waals surface area contributed by atoms with Gasteiger partial charge < -0.3 is 15.3 Å².